The maximum absolute atomic E-state index is 5.33. The van der Waals surface area contributed by atoms with Gasteiger partial charge in [-0.05, 0) is 23.6 Å². The Hall–Kier alpha value is -2.55. The highest BCUT2D eigenvalue weighted by molar-refractivity contribution is 14.0. The molecule has 3 aromatic rings. The zero-order valence-electron chi connectivity index (χ0n) is 15.5. The van der Waals surface area contributed by atoms with E-state index < -0.39 is 0 Å². The number of pyridine rings is 1. The summed E-state index contributed by atoms with van der Waals surface area (Å²) in [4.78, 5) is 8.76. The van der Waals surface area contributed by atoms with Crippen LogP contribution in [0.1, 0.15) is 5.69 Å². The molecule has 0 atom stereocenters. The molecule has 142 valence electrons. The third kappa shape index (κ3) is 5.00. The molecule has 2 N–H and O–H groups in total. The number of fused-ring (bicyclic) bond motifs is 1. The van der Waals surface area contributed by atoms with Gasteiger partial charge in [0.05, 0.1) is 26.5 Å². The van der Waals surface area contributed by atoms with Crippen LogP contribution in [0, 0.1) is 0 Å². The van der Waals surface area contributed by atoms with E-state index in [1.807, 2.05) is 42.6 Å². The van der Waals surface area contributed by atoms with E-state index >= 15 is 0 Å². The molecule has 3 rings (SSSR count). The van der Waals surface area contributed by atoms with E-state index in [1.165, 1.54) is 5.39 Å². The predicted molar refractivity (Wildman–Crippen MR) is 121 cm³/mol. The molecule has 0 fully saturated rings. The predicted octanol–water partition coefficient (Wildman–Crippen LogP) is 4.06. The summed E-state index contributed by atoms with van der Waals surface area (Å²) >= 11 is 0. The van der Waals surface area contributed by atoms with Crippen molar-refractivity contribution >= 4 is 46.4 Å². The minimum Gasteiger partial charge on any atom is -0.493 e. The summed E-state index contributed by atoms with van der Waals surface area (Å²) in [6, 6.07) is 15.8. The summed E-state index contributed by atoms with van der Waals surface area (Å²) in [5.74, 6) is 1.98. The first kappa shape index (κ1) is 20.8. The molecule has 0 amide bonds. The Bertz CT molecular complexity index is 926. The van der Waals surface area contributed by atoms with Crippen LogP contribution in [0.4, 0.5) is 5.69 Å². The van der Waals surface area contributed by atoms with E-state index in [-0.39, 0.29) is 24.0 Å². The van der Waals surface area contributed by atoms with Crippen molar-refractivity contribution in [3.8, 4) is 11.5 Å². The first-order valence-corrected chi connectivity index (χ1v) is 8.27. The highest BCUT2D eigenvalue weighted by Gasteiger charge is 2.07. The number of benzene rings is 2. The van der Waals surface area contributed by atoms with Gasteiger partial charge >= 0.3 is 0 Å². The Balaban J connectivity index is 0.00000261. The molecule has 0 unspecified atom stereocenters. The van der Waals surface area contributed by atoms with Gasteiger partial charge in [-0.15, -0.1) is 24.0 Å². The molecule has 0 aliphatic heterocycles. The normalized spacial score (nSPS) is 10.9. The average Bonchev–Trinajstić information content (AvgIpc) is 2.70. The monoisotopic (exact) mass is 478 g/mol. The van der Waals surface area contributed by atoms with Crippen LogP contribution in [0.5, 0.6) is 11.5 Å². The number of aliphatic imine (C=N–C) groups is 1. The lowest BCUT2D eigenvalue weighted by Crippen LogP contribution is -2.30. The van der Waals surface area contributed by atoms with Gasteiger partial charge < -0.3 is 20.1 Å². The van der Waals surface area contributed by atoms with Gasteiger partial charge in [0.15, 0.2) is 17.5 Å². The second-order valence-corrected chi connectivity index (χ2v) is 5.60. The van der Waals surface area contributed by atoms with E-state index in [4.69, 9.17) is 9.47 Å². The summed E-state index contributed by atoms with van der Waals surface area (Å²) in [6.45, 7) is 0.564. The number of hydrogen-bond donors (Lipinski definition) is 2. The third-order valence-electron chi connectivity index (χ3n) is 4.05. The number of anilines is 1. The van der Waals surface area contributed by atoms with Crippen LogP contribution in [-0.4, -0.2) is 32.2 Å². The molecule has 27 heavy (non-hydrogen) atoms. The van der Waals surface area contributed by atoms with Gasteiger partial charge in [0.25, 0.3) is 0 Å². The first-order valence-electron chi connectivity index (χ1n) is 8.27. The minimum absolute atomic E-state index is 0. The van der Waals surface area contributed by atoms with E-state index in [0.717, 1.165) is 16.8 Å². The Kier molecular flexibility index (Phi) is 7.66. The number of ether oxygens (including phenoxy) is 2. The fourth-order valence-corrected chi connectivity index (χ4v) is 2.72. The van der Waals surface area contributed by atoms with Crippen molar-refractivity contribution in [2.75, 3.05) is 26.6 Å². The Morgan fingerprint density at radius 1 is 1.04 bits per heavy atom. The fourth-order valence-electron chi connectivity index (χ4n) is 2.72. The highest BCUT2D eigenvalue weighted by atomic mass is 127. The van der Waals surface area contributed by atoms with Gasteiger partial charge in [-0.1, -0.05) is 24.3 Å². The van der Waals surface area contributed by atoms with Gasteiger partial charge in [0.2, 0.25) is 0 Å². The second kappa shape index (κ2) is 9.96. The molecular weight excluding hydrogens is 455 g/mol. The van der Waals surface area contributed by atoms with Crippen LogP contribution in [0.2, 0.25) is 0 Å². The van der Waals surface area contributed by atoms with Gasteiger partial charge in [-0.2, -0.15) is 0 Å². The van der Waals surface area contributed by atoms with Gasteiger partial charge in [-0.3, -0.25) is 9.98 Å². The van der Waals surface area contributed by atoms with E-state index in [9.17, 15) is 0 Å². The van der Waals surface area contributed by atoms with Crippen LogP contribution in [0.15, 0.2) is 59.7 Å². The minimum atomic E-state index is 0. The summed E-state index contributed by atoms with van der Waals surface area (Å²) in [6.07, 6.45) is 1.82. The summed E-state index contributed by atoms with van der Waals surface area (Å²) in [5.41, 5.74) is 1.82. The Morgan fingerprint density at radius 2 is 1.81 bits per heavy atom. The molecule has 0 radical (unpaired) electrons. The van der Waals surface area contributed by atoms with Crippen LogP contribution in [0.3, 0.4) is 0 Å². The van der Waals surface area contributed by atoms with Crippen LogP contribution < -0.4 is 20.1 Å². The lowest BCUT2D eigenvalue weighted by Gasteiger charge is -2.14. The fraction of sp³-hybridized carbons (Fsp3) is 0.200. The van der Waals surface area contributed by atoms with E-state index in [2.05, 4.69) is 32.7 Å². The van der Waals surface area contributed by atoms with Crippen molar-refractivity contribution < 1.29 is 9.47 Å². The van der Waals surface area contributed by atoms with Crippen molar-refractivity contribution in [2.45, 2.75) is 6.54 Å². The van der Waals surface area contributed by atoms with Crippen LogP contribution in [0.25, 0.3) is 10.8 Å². The number of methoxy groups -OCH3 is 2. The van der Waals surface area contributed by atoms with Crippen molar-refractivity contribution in [1.82, 2.24) is 10.3 Å². The molecule has 0 spiro atoms. The molecule has 6 nitrogen and oxygen atoms in total. The maximum Gasteiger partial charge on any atom is 0.195 e. The lowest BCUT2D eigenvalue weighted by atomic mass is 10.1. The number of nitrogens with zero attached hydrogens (tertiary/aromatic N) is 2. The quantitative estimate of drug-likeness (QED) is 0.329. The molecule has 2 aromatic carbocycles. The average molecular weight is 478 g/mol. The standard InChI is InChI=1S/C20H22N4O2.HI/c1-21-20(24-15-8-9-18(25-2)19(12-15)26-3)23-13-17-16-7-5-4-6-14(16)10-11-22-17;/h4-12H,13H2,1-3H3,(H2,21,23,24);1H. The second-order valence-electron chi connectivity index (χ2n) is 5.60. The van der Waals surface area contributed by atoms with Crippen LogP contribution in [-0.2, 0) is 6.54 Å². The number of guanidine groups is 1. The molecule has 0 aliphatic carbocycles. The molecule has 7 heteroatoms. The number of aromatic nitrogens is 1. The Morgan fingerprint density at radius 3 is 2.56 bits per heavy atom. The molecule has 0 aliphatic rings. The van der Waals surface area contributed by atoms with Gasteiger partial charge in [-0.25, -0.2) is 0 Å². The summed E-state index contributed by atoms with van der Waals surface area (Å²) < 4.78 is 10.6. The largest absolute Gasteiger partial charge is 0.493 e. The molecule has 0 bridgehead atoms. The summed E-state index contributed by atoms with van der Waals surface area (Å²) in [5, 5.41) is 8.84. The zero-order chi connectivity index (χ0) is 18.4. The smallest absolute Gasteiger partial charge is 0.195 e. The number of hydrogen-bond acceptors (Lipinski definition) is 4. The van der Waals surface area contributed by atoms with Gasteiger partial charge in [0.1, 0.15) is 0 Å². The molecular formula is C20H23IN4O2. The lowest BCUT2D eigenvalue weighted by molar-refractivity contribution is 0.355. The van der Waals surface area contributed by atoms with Gasteiger partial charge in [0, 0.05) is 30.4 Å². The van der Waals surface area contributed by atoms with Crippen molar-refractivity contribution in [2.24, 2.45) is 4.99 Å². The van der Waals surface area contributed by atoms with Crippen LogP contribution >= 0.6 is 24.0 Å². The number of rotatable bonds is 5. The summed E-state index contributed by atoms with van der Waals surface area (Å²) in [7, 11) is 4.95. The number of nitrogens with one attached hydrogen (secondary N) is 2. The zero-order valence-corrected chi connectivity index (χ0v) is 17.9. The van der Waals surface area contributed by atoms with Crippen molar-refractivity contribution in [3.63, 3.8) is 0 Å². The van der Waals surface area contributed by atoms with E-state index in [1.54, 1.807) is 21.3 Å². The maximum atomic E-state index is 5.33. The first-order chi connectivity index (χ1) is 12.7. The van der Waals surface area contributed by atoms with E-state index in [0.29, 0.717) is 24.0 Å². The topological polar surface area (TPSA) is 67.8 Å². The highest BCUT2D eigenvalue weighted by Crippen LogP contribution is 2.29. The molecule has 1 heterocycles. The molecule has 0 saturated heterocycles. The third-order valence-corrected chi connectivity index (χ3v) is 4.05. The molecule has 0 saturated carbocycles. The SMILES string of the molecule is CN=C(NCc1nccc2ccccc12)Nc1ccc(OC)c(OC)c1.I. The van der Waals surface area contributed by atoms with Crippen molar-refractivity contribution in [3.05, 3.63) is 60.4 Å². The van der Waals surface area contributed by atoms with Crippen molar-refractivity contribution in [1.29, 1.82) is 0 Å². The number of halogens is 1. The Labute approximate surface area is 176 Å². The molecule has 1 aromatic heterocycles.